The molecule has 24 heavy (non-hydrogen) atoms. The summed E-state index contributed by atoms with van der Waals surface area (Å²) >= 11 is 0. The van der Waals surface area contributed by atoms with Crippen LogP contribution in [0.5, 0.6) is 0 Å². The third-order valence-electron chi connectivity index (χ3n) is 4.56. The molecule has 0 radical (unpaired) electrons. The quantitative estimate of drug-likeness (QED) is 0.797. The topological polar surface area (TPSA) is 58.4 Å². The molecule has 0 saturated carbocycles. The highest BCUT2D eigenvalue weighted by atomic mass is 16.1. The summed E-state index contributed by atoms with van der Waals surface area (Å²) in [4.78, 5) is 14.4. The fourth-order valence-corrected chi connectivity index (χ4v) is 3.13. The fourth-order valence-electron chi connectivity index (χ4n) is 3.13. The molecule has 3 N–H and O–H groups in total. The predicted molar refractivity (Wildman–Crippen MR) is 102 cm³/mol. The van der Waals surface area contributed by atoms with Gasteiger partial charge in [-0.25, -0.2) is 0 Å². The van der Waals surface area contributed by atoms with Crippen LogP contribution in [0.4, 0.5) is 11.4 Å². The van der Waals surface area contributed by atoms with Crippen LogP contribution in [-0.4, -0.2) is 26.0 Å². The van der Waals surface area contributed by atoms with Gasteiger partial charge in [-0.3, -0.25) is 4.79 Å². The highest BCUT2D eigenvalue weighted by molar-refractivity contribution is 5.95. The third-order valence-corrected chi connectivity index (χ3v) is 4.56. The normalized spacial score (nSPS) is 11.8. The summed E-state index contributed by atoms with van der Waals surface area (Å²) in [6, 6.07) is 13.9. The molecule has 0 aliphatic heterocycles. The molecule has 128 valence electrons. The Balaban J connectivity index is 2.41. The van der Waals surface area contributed by atoms with E-state index in [9.17, 15) is 4.79 Å². The van der Waals surface area contributed by atoms with E-state index in [1.807, 2.05) is 30.3 Å². The van der Waals surface area contributed by atoms with E-state index in [4.69, 9.17) is 5.73 Å². The number of hydrogen-bond donors (Lipinski definition) is 2. The minimum absolute atomic E-state index is 0.0456. The van der Waals surface area contributed by atoms with Crippen LogP contribution in [0.2, 0.25) is 0 Å². The van der Waals surface area contributed by atoms with Crippen molar-refractivity contribution in [1.29, 1.82) is 0 Å². The van der Waals surface area contributed by atoms with E-state index in [0.717, 1.165) is 35.6 Å². The zero-order valence-electron chi connectivity index (χ0n) is 15.0. The first-order valence-corrected chi connectivity index (χ1v) is 8.48. The van der Waals surface area contributed by atoms with Gasteiger partial charge in [0.05, 0.1) is 0 Å². The van der Waals surface area contributed by atoms with Gasteiger partial charge in [0, 0.05) is 43.0 Å². The molecule has 0 aliphatic rings. The number of carbonyl (C=O) groups is 1. The van der Waals surface area contributed by atoms with Crippen molar-refractivity contribution in [2.24, 2.45) is 0 Å². The maximum absolute atomic E-state index is 12.1. The number of hydrogen-bond acceptors (Lipinski definition) is 3. The summed E-state index contributed by atoms with van der Waals surface area (Å²) < 4.78 is 0. The molecule has 0 spiro atoms. The summed E-state index contributed by atoms with van der Waals surface area (Å²) in [5.41, 5.74) is 11.0. The SMILES string of the molecule is CCN(CC)c1ccc(C(C)c2ccccc2C(=O)NC)c(N)c1. The molecule has 4 heteroatoms. The molecular formula is C20H27N3O. The highest BCUT2D eigenvalue weighted by Gasteiger charge is 2.18. The van der Waals surface area contributed by atoms with Gasteiger partial charge in [0.2, 0.25) is 0 Å². The van der Waals surface area contributed by atoms with Crippen molar-refractivity contribution < 1.29 is 4.79 Å². The predicted octanol–water partition coefficient (Wildman–Crippen LogP) is 3.63. The molecule has 0 bridgehead atoms. The zero-order valence-corrected chi connectivity index (χ0v) is 15.0. The second-order valence-electron chi connectivity index (χ2n) is 5.87. The van der Waals surface area contributed by atoms with Crippen molar-refractivity contribution in [3.8, 4) is 0 Å². The van der Waals surface area contributed by atoms with Crippen LogP contribution >= 0.6 is 0 Å². The van der Waals surface area contributed by atoms with Gasteiger partial charge >= 0.3 is 0 Å². The molecule has 2 aromatic carbocycles. The molecule has 0 fully saturated rings. The average molecular weight is 325 g/mol. The standard InChI is InChI=1S/C20H27N3O/c1-5-23(6-2)15-11-12-17(19(21)13-15)14(3)16-9-7-8-10-18(16)20(24)22-4/h7-14H,5-6,21H2,1-4H3,(H,22,24). The molecule has 1 unspecified atom stereocenters. The molecule has 0 heterocycles. The lowest BCUT2D eigenvalue weighted by Crippen LogP contribution is -2.22. The Hall–Kier alpha value is -2.49. The zero-order chi connectivity index (χ0) is 17.7. The van der Waals surface area contributed by atoms with Crippen LogP contribution in [-0.2, 0) is 0 Å². The van der Waals surface area contributed by atoms with E-state index in [0.29, 0.717) is 5.56 Å². The van der Waals surface area contributed by atoms with Gasteiger partial charge in [0.25, 0.3) is 5.91 Å². The molecule has 1 atom stereocenters. The number of nitrogens with two attached hydrogens (primary N) is 1. The Morgan fingerprint density at radius 2 is 1.79 bits per heavy atom. The summed E-state index contributed by atoms with van der Waals surface area (Å²) in [5, 5.41) is 2.71. The number of anilines is 2. The maximum Gasteiger partial charge on any atom is 0.251 e. The lowest BCUT2D eigenvalue weighted by atomic mass is 9.88. The van der Waals surface area contributed by atoms with Crippen molar-refractivity contribution in [3.05, 3.63) is 59.2 Å². The van der Waals surface area contributed by atoms with Gasteiger partial charge < -0.3 is 16.0 Å². The number of rotatable bonds is 6. The van der Waals surface area contributed by atoms with Crippen LogP contribution in [0.25, 0.3) is 0 Å². The molecule has 0 aliphatic carbocycles. The number of nitrogens with zero attached hydrogens (tertiary/aromatic N) is 1. The lowest BCUT2D eigenvalue weighted by molar-refractivity contribution is 0.0962. The van der Waals surface area contributed by atoms with Crippen LogP contribution in [0.1, 0.15) is 48.2 Å². The Morgan fingerprint density at radius 3 is 2.38 bits per heavy atom. The van der Waals surface area contributed by atoms with Gasteiger partial charge in [-0.15, -0.1) is 0 Å². The third kappa shape index (κ3) is 3.53. The lowest BCUT2D eigenvalue weighted by Gasteiger charge is -2.24. The molecular weight excluding hydrogens is 298 g/mol. The molecule has 0 saturated heterocycles. The molecule has 4 nitrogen and oxygen atoms in total. The van der Waals surface area contributed by atoms with Crippen LogP contribution in [0.3, 0.4) is 0 Å². The van der Waals surface area contributed by atoms with Crippen LogP contribution in [0.15, 0.2) is 42.5 Å². The Bertz CT molecular complexity index is 708. The monoisotopic (exact) mass is 325 g/mol. The Kier molecular flexibility index (Phi) is 5.85. The van der Waals surface area contributed by atoms with E-state index >= 15 is 0 Å². The number of benzene rings is 2. The molecule has 2 rings (SSSR count). The van der Waals surface area contributed by atoms with Gasteiger partial charge in [-0.2, -0.15) is 0 Å². The number of nitrogens with one attached hydrogen (secondary N) is 1. The minimum Gasteiger partial charge on any atom is -0.398 e. The summed E-state index contributed by atoms with van der Waals surface area (Å²) in [7, 11) is 1.65. The first-order valence-electron chi connectivity index (χ1n) is 8.48. The van der Waals surface area contributed by atoms with E-state index in [1.165, 1.54) is 0 Å². The van der Waals surface area contributed by atoms with Crippen molar-refractivity contribution >= 4 is 17.3 Å². The van der Waals surface area contributed by atoms with Crippen LogP contribution in [0, 0.1) is 0 Å². The smallest absolute Gasteiger partial charge is 0.251 e. The fraction of sp³-hybridized carbons (Fsp3) is 0.350. The highest BCUT2D eigenvalue weighted by Crippen LogP contribution is 2.33. The Labute approximate surface area is 144 Å². The van der Waals surface area contributed by atoms with Crippen molar-refractivity contribution in [3.63, 3.8) is 0 Å². The molecule has 2 aromatic rings. The average Bonchev–Trinajstić information content (AvgIpc) is 2.61. The molecule has 1 amide bonds. The molecule has 0 aromatic heterocycles. The first-order chi connectivity index (χ1) is 11.5. The van der Waals surface area contributed by atoms with E-state index in [1.54, 1.807) is 7.05 Å². The van der Waals surface area contributed by atoms with Gasteiger partial charge in [-0.05, 0) is 43.2 Å². The largest absolute Gasteiger partial charge is 0.398 e. The minimum atomic E-state index is -0.0733. The van der Waals surface area contributed by atoms with E-state index in [2.05, 4.69) is 43.1 Å². The van der Waals surface area contributed by atoms with Crippen LogP contribution < -0.4 is 16.0 Å². The van der Waals surface area contributed by atoms with Gasteiger partial charge in [-0.1, -0.05) is 31.2 Å². The summed E-state index contributed by atoms with van der Waals surface area (Å²) in [6.45, 7) is 8.25. The van der Waals surface area contributed by atoms with Gasteiger partial charge in [0.15, 0.2) is 0 Å². The number of carbonyl (C=O) groups excluding carboxylic acids is 1. The second-order valence-corrected chi connectivity index (χ2v) is 5.87. The number of amides is 1. The second kappa shape index (κ2) is 7.86. The van der Waals surface area contributed by atoms with Gasteiger partial charge in [0.1, 0.15) is 0 Å². The summed E-state index contributed by atoms with van der Waals surface area (Å²) in [5.74, 6) is -0.0277. The van der Waals surface area contributed by atoms with Crippen molar-refractivity contribution in [1.82, 2.24) is 5.32 Å². The number of nitrogen functional groups attached to an aromatic ring is 1. The first kappa shape index (κ1) is 17.9. The van der Waals surface area contributed by atoms with Crippen molar-refractivity contribution in [2.75, 3.05) is 30.8 Å². The Morgan fingerprint density at radius 1 is 1.12 bits per heavy atom. The maximum atomic E-state index is 12.1. The van der Waals surface area contributed by atoms with E-state index in [-0.39, 0.29) is 11.8 Å². The summed E-state index contributed by atoms with van der Waals surface area (Å²) in [6.07, 6.45) is 0. The van der Waals surface area contributed by atoms with Crippen molar-refractivity contribution in [2.45, 2.75) is 26.7 Å². The van der Waals surface area contributed by atoms with E-state index < -0.39 is 0 Å².